The summed E-state index contributed by atoms with van der Waals surface area (Å²) in [6.07, 6.45) is 1.60. The molecule has 0 fully saturated rings. The highest BCUT2D eigenvalue weighted by molar-refractivity contribution is 5.90. The Balaban J connectivity index is 2.52. The molecule has 0 radical (unpaired) electrons. The summed E-state index contributed by atoms with van der Waals surface area (Å²) in [6, 6.07) is 0. The highest BCUT2D eigenvalue weighted by Crippen LogP contribution is 2.01. The van der Waals surface area contributed by atoms with Crippen molar-refractivity contribution >= 4 is 17.8 Å². The molecule has 1 heterocycles. The SMILES string of the molecule is O=C(O)CO[C@@H]1C=CC(=O)N(CC(=O)O)N1. The molecule has 0 aromatic heterocycles. The van der Waals surface area contributed by atoms with Gasteiger partial charge in [0.25, 0.3) is 5.91 Å². The average Bonchev–Trinajstić information content (AvgIpc) is 2.18. The molecule has 0 aromatic rings. The molecule has 1 aliphatic heterocycles. The van der Waals surface area contributed by atoms with Crippen molar-refractivity contribution in [2.24, 2.45) is 0 Å². The molecule has 0 bridgehead atoms. The molecular formula is C8H10N2O6. The molecule has 1 amide bonds. The van der Waals surface area contributed by atoms with Crippen molar-refractivity contribution in [2.45, 2.75) is 6.23 Å². The Hall–Kier alpha value is -1.93. The van der Waals surface area contributed by atoms with Gasteiger partial charge in [0.2, 0.25) is 0 Å². The topological polar surface area (TPSA) is 116 Å². The van der Waals surface area contributed by atoms with Crippen LogP contribution >= 0.6 is 0 Å². The number of carbonyl (C=O) groups excluding carboxylic acids is 1. The fourth-order valence-electron chi connectivity index (χ4n) is 1.03. The summed E-state index contributed by atoms with van der Waals surface area (Å²) in [4.78, 5) is 31.8. The highest BCUT2D eigenvalue weighted by atomic mass is 16.5. The molecule has 88 valence electrons. The van der Waals surface area contributed by atoms with Crippen molar-refractivity contribution in [2.75, 3.05) is 13.2 Å². The van der Waals surface area contributed by atoms with Gasteiger partial charge in [0, 0.05) is 6.08 Å². The monoisotopic (exact) mass is 230 g/mol. The smallest absolute Gasteiger partial charge is 0.329 e. The highest BCUT2D eigenvalue weighted by Gasteiger charge is 2.22. The number of hydrogen-bond acceptors (Lipinski definition) is 5. The van der Waals surface area contributed by atoms with Crippen LogP contribution in [0.3, 0.4) is 0 Å². The molecular weight excluding hydrogens is 220 g/mol. The van der Waals surface area contributed by atoms with Gasteiger partial charge in [-0.2, -0.15) is 5.43 Å². The molecule has 0 aliphatic carbocycles. The number of hydrogen-bond donors (Lipinski definition) is 3. The third-order valence-electron chi connectivity index (χ3n) is 1.64. The summed E-state index contributed by atoms with van der Waals surface area (Å²) in [6.45, 7) is -1.08. The van der Waals surface area contributed by atoms with E-state index in [-0.39, 0.29) is 0 Å². The van der Waals surface area contributed by atoms with Crippen molar-refractivity contribution < 1.29 is 29.3 Å². The molecule has 8 heteroatoms. The Labute approximate surface area is 90.1 Å². The van der Waals surface area contributed by atoms with Crippen molar-refractivity contribution in [3.63, 3.8) is 0 Å². The number of carboxylic acid groups (broad SMARTS) is 2. The number of ether oxygens (including phenoxy) is 1. The third-order valence-corrected chi connectivity index (χ3v) is 1.64. The van der Waals surface area contributed by atoms with E-state index in [4.69, 9.17) is 14.9 Å². The van der Waals surface area contributed by atoms with Gasteiger partial charge in [-0.1, -0.05) is 0 Å². The second-order valence-corrected chi connectivity index (χ2v) is 2.93. The molecule has 0 saturated heterocycles. The predicted molar refractivity (Wildman–Crippen MR) is 49.0 cm³/mol. The zero-order valence-electron chi connectivity index (χ0n) is 8.12. The molecule has 1 rings (SSSR count). The predicted octanol–water partition coefficient (Wildman–Crippen LogP) is -1.60. The molecule has 0 saturated carbocycles. The molecule has 3 N–H and O–H groups in total. The molecule has 0 spiro atoms. The minimum Gasteiger partial charge on any atom is -0.480 e. The molecule has 1 atom stereocenters. The summed E-state index contributed by atoms with van der Waals surface area (Å²) in [5.41, 5.74) is 2.42. The van der Waals surface area contributed by atoms with Crippen LogP contribution in [-0.4, -0.2) is 52.4 Å². The third kappa shape index (κ3) is 3.67. The van der Waals surface area contributed by atoms with E-state index in [1.807, 2.05) is 0 Å². The molecule has 0 unspecified atom stereocenters. The second-order valence-electron chi connectivity index (χ2n) is 2.93. The minimum absolute atomic E-state index is 0.530. The Bertz CT molecular complexity index is 339. The summed E-state index contributed by atoms with van der Waals surface area (Å²) < 4.78 is 4.82. The van der Waals surface area contributed by atoms with E-state index in [1.165, 1.54) is 6.08 Å². The number of carboxylic acids is 2. The van der Waals surface area contributed by atoms with E-state index < -0.39 is 37.2 Å². The van der Waals surface area contributed by atoms with Crippen molar-refractivity contribution in [1.82, 2.24) is 10.4 Å². The van der Waals surface area contributed by atoms with Gasteiger partial charge in [-0.25, -0.2) is 4.79 Å². The van der Waals surface area contributed by atoms with Crippen LogP contribution in [0.25, 0.3) is 0 Å². The quantitative estimate of drug-likeness (QED) is 0.520. The number of nitrogens with zero attached hydrogens (tertiary/aromatic N) is 1. The lowest BCUT2D eigenvalue weighted by Gasteiger charge is -2.28. The first kappa shape index (κ1) is 12.1. The minimum atomic E-state index is -1.19. The van der Waals surface area contributed by atoms with E-state index in [0.29, 0.717) is 0 Å². The maximum absolute atomic E-state index is 11.2. The van der Waals surface area contributed by atoms with Crippen molar-refractivity contribution in [3.8, 4) is 0 Å². The van der Waals surface area contributed by atoms with Gasteiger partial charge in [0.05, 0.1) is 0 Å². The van der Waals surface area contributed by atoms with Gasteiger partial charge < -0.3 is 14.9 Å². The zero-order chi connectivity index (χ0) is 12.1. The standard InChI is InChI=1S/C8H10N2O6/c11-6-2-1-5(16-4-8(14)15)9-10(6)3-7(12)13/h1-2,5,9H,3-4H2,(H,12,13)(H,14,15)/t5-/m1/s1. The Morgan fingerprint density at radius 2 is 2.12 bits per heavy atom. The van der Waals surface area contributed by atoms with Gasteiger partial charge >= 0.3 is 11.9 Å². The first-order valence-electron chi connectivity index (χ1n) is 4.30. The maximum Gasteiger partial charge on any atom is 0.329 e. The number of rotatable bonds is 5. The van der Waals surface area contributed by atoms with Crippen LogP contribution in [0.15, 0.2) is 12.2 Å². The zero-order valence-corrected chi connectivity index (χ0v) is 8.12. The number of carbonyl (C=O) groups is 3. The van der Waals surface area contributed by atoms with Crippen LogP contribution in [0.4, 0.5) is 0 Å². The Kier molecular flexibility index (Phi) is 3.97. The number of aliphatic carboxylic acids is 2. The van der Waals surface area contributed by atoms with Crippen LogP contribution in [0.1, 0.15) is 0 Å². The molecule has 1 aliphatic rings. The summed E-state index contributed by atoms with van der Waals surface area (Å²) >= 11 is 0. The van der Waals surface area contributed by atoms with Gasteiger partial charge in [-0.3, -0.25) is 14.6 Å². The number of hydrazine groups is 1. The second kappa shape index (κ2) is 5.24. The molecule has 16 heavy (non-hydrogen) atoms. The van der Waals surface area contributed by atoms with Crippen LogP contribution in [0, 0.1) is 0 Å². The Morgan fingerprint density at radius 3 is 2.69 bits per heavy atom. The lowest BCUT2D eigenvalue weighted by molar-refractivity contribution is -0.152. The van der Waals surface area contributed by atoms with E-state index >= 15 is 0 Å². The van der Waals surface area contributed by atoms with E-state index in [1.54, 1.807) is 0 Å². The van der Waals surface area contributed by atoms with Crippen LogP contribution in [-0.2, 0) is 19.1 Å². The largest absolute Gasteiger partial charge is 0.480 e. The fraction of sp³-hybridized carbons (Fsp3) is 0.375. The summed E-state index contributed by atoms with van der Waals surface area (Å²) in [5, 5.41) is 17.7. The normalized spacial score (nSPS) is 19.9. The average molecular weight is 230 g/mol. The lowest BCUT2D eigenvalue weighted by Crippen LogP contribution is -2.53. The summed E-state index contributed by atoms with van der Waals surface area (Å²) in [5.74, 6) is -2.87. The Morgan fingerprint density at radius 1 is 1.44 bits per heavy atom. The van der Waals surface area contributed by atoms with Gasteiger partial charge in [-0.15, -0.1) is 0 Å². The van der Waals surface area contributed by atoms with E-state index in [0.717, 1.165) is 11.1 Å². The summed E-state index contributed by atoms with van der Waals surface area (Å²) in [7, 11) is 0. The maximum atomic E-state index is 11.2. The van der Waals surface area contributed by atoms with E-state index in [2.05, 4.69) is 5.43 Å². The first-order valence-corrected chi connectivity index (χ1v) is 4.30. The van der Waals surface area contributed by atoms with Crippen LogP contribution < -0.4 is 5.43 Å². The number of nitrogens with one attached hydrogen (secondary N) is 1. The van der Waals surface area contributed by atoms with Crippen LogP contribution in [0.5, 0.6) is 0 Å². The van der Waals surface area contributed by atoms with Crippen molar-refractivity contribution in [1.29, 1.82) is 0 Å². The van der Waals surface area contributed by atoms with Gasteiger partial charge in [-0.05, 0) is 6.08 Å². The first-order chi connectivity index (χ1) is 7.49. The number of amides is 1. The molecule has 0 aromatic carbocycles. The molecule has 8 nitrogen and oxygen atoms in total. The van der Waals surface area contributed by atoms with Gasteiger partial charge in [0.15, 0.2) is 0 Å². The van der Waals surface area contributed by atoms with Gasteiger partial charge in [0.1, 0.15) is 19.4 Å². The van der Waals surface area contributed by atoms with E-state index in [9.17, 15) is 14.4 Å². The van der Waals surface area contributed by atoms with Crippen molar-refractivity contribution in [3.05, 3.63) is 12.2 Å². The van der Waals surface area contributed by atoms with Crippen LogP contribution in [0.2, 0.25) is 0 Å². The fourth-order valence-corrected chi connectivity index (χ4v) is 1.03. The lowest BCUT2D eigenvalue weighted by atomic mass is 10.3.